The summed E-state index contributed by atoms with van der Waals surface area (Å²) in [6, 6.07) is 2.46. The number of furan rings is 1. The highest BCUT2D eigenvalue weighted by Crippen LogP contribution is 2.31. The molecule has 88 valence electrons. The Balaban J connectivity index is 2.23. The molecule has 0 aliphatic heterocycles. The van der Waals surface area contributed by atoms with E-state index in [0.717, 1.165) is 12.3 Å². The minimum Gasteiger partial charge on any atom is -0.469 e. The quantitative estimate of drug-likeness (QED) is 0.780. The van der Waals surface area contributed by atoms with Crippen LogP contribution in [0.2, 0.25) is 0 Å². The summed E-state index contributed by atoms with van der Waals surface area (Å²) >= 11 is 0. The van der Waals surface area contributed by atoms with Gasteiger partial charge in [0.1, 0.15) is 5.76 Å². The molecular formula is C14H21NO. The molecule has 1 aromatic rings. The normalized spacial score (nSPS) is 18.2. The van der Waals surface area contributed by atoms with Crippen LogP contribution < -0.4 is 5.32 Å². The van der Waals surface area contributed by atoms with Gasteiger partial charge in [0.05, 0.1) is 12.3 Å². The van der Waals surface area contributed by atoms with Crippen LogP contribution in [0.1, 0.15) is 50.0 Å². The van der Waals surface area contributed by atoms with Crippen molar-refractivity contribution < 1.29 is 4.42 Å². The van der Waals surface area contributed by atoms with Crippen LogP contribution in [-0.4, -0.2) is 6.54 Å². The maximum Gasteiger partial charge on any atom is 0.105 e. The Morgan fingerprint density at radius 1 is 1.44 bits per heavy atom. The van der Waals surface area contributed by atoms with E-state index in [4.69, 9.17) is 4.42 Å². The topological polar surface area (TPSA) is 25.2 Å². The van der Waals surface area contributed by atoms with E-state index in [1.807, 2.05) is 6.92 Å². The first-order chi connectivity index (χ1) is 7.83. The van der Waals surface area contributed by atoms with Crippen molar-refractivity contribution in [2.24, 2.45) is 0 Å². The molecule has 1 heterocycles. The average molecular weight is 219 g/mol. The van der Waals surface area contributed by atoms with Gasteiger partial charge >= 0.3 is 0 Å². The van der Waals surface area contributed by atoms with Crippen LogP contribution in [0.3, 0.4) is 0 Å². The molecule has 0 fully saturated rings. The molecule has 0 amide bonds. The lowest BCUT2D eigenvalue weighted by molar-refractivity contribution is 0.511. The van der Waals surface area contributed by atoms with Crippen LogP contribution in [0.4, 0.5) is 0 Å². The predicted octanol–water partition coefficient (Wildman–Crippen LogP) is 3.74. The minimum absolute atomic E-state index is 0.365. The van der Waals surface area contributed by atoms with Gasteiger partial charge < -0.3 is 9.73 Å². The zero-order valence-electron chi connectivity index (χ0n) is 10.3. The highest BCUT2D eigenvalue weighted by molar-refractivity contribution is 5.30. The third kappa shape index (κ3) is 2.38. The van der Waals surface area contributed by atoms with Gasteiger partial charge in [-0.05, 0) is 45.2 Å². The zero-order chi connectivity index (χ0) is 11.4. The molecule has 0 spiro atoms. The predicted molar refractivity (Wildman–Crippen MR) is 66.4 cm³/mol. The number of allylic oxidation sites excluding steroid dienone is 1. The molecule has 1 N–H and O–H groups in total. The Morgan fingerprint density at radius 2 is 2.31 bits per heavy atom. The molecule has 0 aromatic carbocycles. The third-order valence-electron chi connectivity index (χ3n) is 3.32. The van der Waals surface area contributed by atoms with Gasteiger partial charge in [0.2, 0.25) is 0 Å². The Kier molecular flexibility index (Phi) is 3.83. The fraction of sp³-hybridized carbons (Fsp3) is 0.571. The molecule has 1 aliphatic rings. The molecule has 1 aliphatic carbocycles. The van der Waals surface area contributed by atoms with Crippen molar-refractivity contribution in [1.82, 2.24) is 5.32 Å². The summed E-state index contributed by atoms with van der Waals surface area (Å²) in [6.45, 7) is 5.20. The van der Waals surface area contributed by atoms with Crippen LogP contribution >= 0.6 is 0 Å². The van der Waals surface area contributed by atoms with Gasteiger partial charge in [0.15, 0.2) is 0 Å². The second kappa shape index (κ2) is 5.35. The van der Waals surface area contributed by atoms with Crippen molar-refractivity contribution in [3.05, 3.63) is 35.3 Å². The summed E-state index contributed by atoms with van der Waals surface area (Å²) in [5.74, 6) is 1.04. The SMILES string of the molecule is CCNC(C1=CCCCC1)c1ccoc1C. The van der Waals surface area contributed by atoms with Crippen LogP contribution in [0.25, 0.3) is 0 Å². The van der Waals surface area contributed by atoms with Crippen LogP contribution in [0.5, 0.6) is 0 Å². The average Bonchev–Trinajstić information content (AvgIpc) is 2.73. The number of hydrogen-bond acceptors (Lipinski definition) is 2. The Labute approximate surface area is 97.7 Å². The van der Waals surface area contributed by atoms with E-state index in [9.17, 15) is 0 Å². The van der Waals surface area contributed by atoms with Crippen molar-refractivity contribution >= 4 is 0 Å². The molecule has 1 atom stereocenters. The molecule has 2 rings (SSSR count). The lowest BCUT2D eigenvalue weighted by atomic mass is 9.90. The van der Waals surface area contributed by atoms with Gasteiger partial charge in [-0.3, -0.25) is 0 Å². The summed E-state index contributed by atoms with van der Waals surface area (Å²) in [7, 11) is 0. The van der Waals surface area contributed by atoms with Crippen molar-refractivity contribution in [1.29, 1.82) is 0 Å². The largest absolute Gasteiger partial charge is 0.469 e. The number of likely N-dealkylation sites (N-methyl/N-ethyl adjacent to an activating group) is 1. The molecule has 16 heavy (non-hydrogen) atoms. The molecule has 2 nitrogen and oxygen atoms in total. The molecular weight excluding hydrogens is 198 g/mol. The van der Waals surface area contributed by atoms with E-state index in [-0.39, 0.29) is 0 Å². The number of nitrogens with one attached hydrogen (secondary N) is 1. The van der Waals surface area contributed by atoms with Gasteiger partial charge in [0.25, 0.3) is 0 Å². The highest BCUT2D eigenvalue weighted by Gasteiger charge is 2.20. The fourth-order valence-electron chi connectivity index (χ4n) is 2.46. The third-order valence-corrected chi connectivity index (χ3v) is 3.32. The smallest absolute Gasteiger partial charge is 0.105 e. The fourth-order valence-corrected chi connectivity index (χ4v) is 2.46. The van der Waals surface area contributed by atoms with Crippen LogP contribution in [0, 0.1) is 6.92 Å². The Hall–Kier alpha value is -1.02. The lowest BCUT2D eigenvalue weighted by Gasteiger charge is -2.23. The second-order valence-electron chi connectivity index (χ2n) is 4.45. The van der Waals surface area contributed by atoms with Gasteiger partial charge in [-0.1, -0.05) is 18.6 Å². The molecule has 1 aromatic heterocycles. The number of aryl methyl sites for hydroxylation is 1. The molecule has 0 radical (unpaired) electrons. The van der Waals surface area contributed by atoms with E-state index in [2.05, 4.69) is 24.4 Å². The Morgan fingerprint density at radius 3 is 2.88 bits per heavy atom. The van der Waals surface area contributed by atoms with Crippen LogP contribution in [0.15, 0.2) is 28.4 Å². The molecule has 0 saturated heterocycles. The first kappa shape index (κ1) is 11.5. The Bertz CT molecular complexity index is 365. The summed E-state index contributed by atoms with van der Waals surface area (Å²) < 4.78 is 5.42. The second-order valence-corrected chi connectivity index (χ2v) is 4.45. The number of hydrogen-bond donors (Lipinski definition) is 1. The molecule has 0 bridgehead atoms. The summed E-state index contributed by atoms with van der Waals surface area (Å²) in [5, 5.41) is 3.57. The van der Waals surface area contributed by atoms with Crippen molar-refractivity contribution in [3.63, 3.8) is 0 Å². The molecule has 2 heteroatoms. The van der Waals surface area contributed by atoms with Gasteiger partial charge in [-0.2, -0.15) is 0 Å². The standard InChI is InChI=1S/C14H21NO/c1-3-15-14(12-7-5-4-6-8-12)13-9-10-16-11(13)2/h7,9-10,14-15H,3-6,8H2,1-2H3. The maximum atomic E-state index is 5.42. The first-order valence-electron chi connectivity index (χ1n) is 6.29. The zero-order valence-corrected chi connectivity index (χ0v) is 10.3. The number of rotatable bonds is 4. The maximum absolute atomic E-state index is 5.42. The summed E-state index contributed by atoms with van der Waals surface area (Å²) in [5.41, 5.74) is 2.84. The van der Waals surface area contributed by atoms with Crippen molar-refractivity contribution in [2.45, 2.75) is 45.6 Å². The van der Waals surface area contributed by atoms with Gasteiger partial charge in [-0.25, -0.2) is 0 Å². The first-order valence-corrected chi connectivity index (χ1v) is 6.29. The van der Waals surface area contributed by atoms with Crippen molar-refractivity contribution in [3.8, 4) is 0 Å². The summed E-state index contributed by atoms with van der Waals surface area (Å²) in [4.78, 5) is 0. The van der Waals surface area contributed by atoms with E-state index >= 15 is 0 Å². The monoisotopic (exact) mass is 219 g/mol. The lowest BCUT2D eigenvalue weighted by Crippen LogP contribution is -2.23. The van der Waals surface area contributed by atoms with Gasteiger partial charge in [0, 0.05) is 5.56 Å². The van der Waals surface area contributed by atoms with Crippen LogP contribution in [-0.2, 0) is 0 Å². The van der Waals surface area contributed by atoms with E-state index in [1.165, 1.54) is 36.8 Å². The van der Waals surface area contributed by atoms with E-state index in [1.54, 1.807) is 6.26 Å². The van der Waals surface area contributed by atoms with E-state index < -0.39 is 0 Å². The van der Waals surface area contributed by atoms with E-state index in [0.29, 0.717) is 6.04 Å². The molecule has 1 unspecified atom stereocenters. The summed E-state index contributed by atoms with van der Waals surface area (Å²) in [6.07, 6.45) is 9.31. The van der Waals surface area contributed by atoms with Gasteiger partial charge in [-0.15, -0.1) is 0 Å². The minimum atomic E-state index is 0.365. The highest BCUT2D eigenvalue weighted by atomic mass is 16.3. The molecule has 0 saturated carbocycles. The van der Waals surface area contributed by atoms with Crippen molar-refractivity contribution in [2.75, 3.05) is 6.54 Å².